The van der Waals surface area contributed by atoms with Gasteiger partial charge in [0.2, 0.25) is 5.96 Å². The van der Waals surface area contributed by atoms with E-state index in [0.717, 1.165) is 12.1 Å². The second-order valence-corrected chi connectivity index (χ2v) is 7.12. The van der Waals surface area contributed by atoms with Crippen LogP contribution in [0.15, 0.2) is 64.2 Å². The summed E-state index contributed by atoms with van der Waals surface area (Å²) in [5, 5.41) is 3.17. The third-order valence-corrected chi connectivity index (χ3v) is 4.92. The van der Waals surface area contributed by atoms with Crippen LogP contribution in [0, 0.1) is 11.6 Å². The summed E-state index contributed by atoms with van der Waals surface area (Å²) in [6, 6.07) is 9.26. The quantitative estimate of drug-likeness (QED) is 0.793. The van der Waals surface area contributed by atoms with Crippen LogP contribution < -0.4 is 5.32 Å². The summed E-state index contributed by atoms with van der Waals surface area (Å²) in [5.41, 5.74) is 1.61. The van der Waals surface area contributed by atoms with Crippen LogP contribution in [0.5, 0.6) is 0 Å². The summed E-state index contributed by atoms with van der Waals surface area (Å²) in [4.78, 5) is 34.8. The fourth-order valence-corrected chi connectivity index (χ4v) is 3.24. The summed E-state index contributed by atoms with van der Waals surface area (Å²) in [6.45, 7) is 0.487. The highest BCUT2D eigenvalue weighted by molar-refractivity contribution is 6.30. The summed E-state index contributed by atoms with van der Waals surface area (Å²) < 4.78 is 27.0. The molecule has 2 aromatic rings. The van der Waals surface area contributed by atoms with Crippen LogP contribution >= 0.6 is 11.6 Å². The lowest BCUT2D eigenvalue weighted by Crippen LogP contribution is -2.38. The molecule has 0 saturated carbocycles. The largest absolute Gasteiger partial charge is 0.314 e. The molecule has 2 amide bonds. The SMILES string of the molecule is O=C(NC1=NCC2=CN(C(=O)c3ccc(F)cc3F)CCC2=N1)c1ccc(Cl)cc1. The van der Waals surface area contributed by atoms with Crippen LogP contribution in [0.4, 0.5) is 8.78 Å². The van der Waals surface area contributed by atoms with Gasteiger partial charge >= 0.3 is 0 Å². The van der Waals surface area contributed by atoms with Crippen molar-refractivity contribution in [2.45, 2.75) is 6.42 Å². The van der Waals surface area contributed by atoms with Crippen LogP contribution in [-0.4, -0.2) is 41.5 Å². The normalized spacial score (nSPS) is 15.6. The van der Waals surface area contributed by atoms with Crippen molar-refractivity contribution in [1.82, 2.24) is 10.2 Å². The molecule has 0 radical (unpaired) electrons. The van der Waals surface area contributed by atoms with Crippen molar-refractivity contribution in [2.24, 2.45) is 9.98 Å². The van der Waals surface area contributed by atoms with Crippen LogP contribution in [0.2, 0.25) is 5.02 Å². The maximum atomic E-state index is 13.9. The number of hydrogen-bond acceptors (Lipinski definition) is 4. The fourth-order valence-electron chi connectivity index (χ4n) is 3.12. The average Bonchev–Trinajstić information content (AvgIpc) is 2.73. The molecule has 0 aromatic heterocycles. The third kappa shape index (κ3) is 4.13. The lowest BCUT2D eigenvalue weighted by Gasteiger charge is -2.27. The minimum Gasteiger partial charge on any atom is -0.314 e. The van der Waals surface area contributed by atoms with Gasteiger partial charge in [-0.05, 0) is 36.4 Å². The number of amides is 2. The molecule has 2 aromatic carbocycles. The van der Waals surface area contributed by atoms with Crippen molar-refractivity contribution in [3.8, 4) is 0 Å². The molecule has 30 heavy (non-hydrogen) atoms. The van der Waals surface area contributed by atoms with Gasteiger partial charge in [-0.2, -0.15) is 0 Å². The Morgan fingerprint density at radius 2 is 1.87 bits per heavy atom. The molecule has 4 rings (SSSR count). The van der Waals surface area contributed by atoms with E-state index in [0.29, 0.717) is 34.4 Å². The smallest absolute Gasteiger partial charge is 0.260 e. The fraction of sp³-hybridized carbons (Fsp3) is 0.143. The molecule has 6 nitrogen and oxygen atoms in total. The van der Waals surface area contributed by atoms with Crippen molar-refractivity contribution < 1.29 is 18.4 Å². The molecular formula is C21H15ClF2N4O2. The van der Waals surface area contributed by atoms with E-state index >= 15 is 0 Å². The van der Waals surface area contributed by atoms with E-state index in [1.165, 1.54) is 4.90 Å². The van der Waals surface area contributed by atoms with E-state index in [4.69, 9.17) is 11.6 Å². The predicted octanol–water partition coefficient (Wildman–Crippen LogP) is 3.59. The highest BCUT2D eigenvalue weighted by atomic mass is 35.5. The summed E-state index contributed by atoms with van der Waals surface area (Å²) in [7, 11) is 0. The lowest BCUT2D eigenvalue weighted by molar-refractivity contribution is 0.0817. The van der Waals surface area contributed by atoms with Gasteiger partial charge in [0.15, 0.2) is 0 Å². The molecule has 0 fully saturated rings. The minimum atomic E-state index is -0.910. The molecule has 9 heteroatoms. The number of guanidine groups is 1. The van der Waals surface area contributed by atoms with Gasteiger partial charge in [-0.1, -0.05) is 11.6 Å². The number of aliphatic imine (C=N–C) groups is 2. The number of benzene rings is 2. The zero-order valence-corrected chi connectivity index (χ0v) is 16.3. The molecule has 0 atom stereocenters. The van der Waals surface area contributed by atoms with Crippen molar-refractivity contribution in [1.29, 1.82) is 0 Å². The number of carbonyl (C=O) groups excluding carboxylic acids is 2. The first-order valence-electron chi connectivity index (χ1n) is 9.07. The molecule has 2 aliphatic rings. The van der Waals surface area contributed by atoms with E-state index in [9.17, 15) is 18.4 Å². The highest BCUT2D eigenvalue weighted by Gasteiger charge is 2.26. The van der Waals surface area contributed by atoms with Gasteiger partial charge in [0.1, 0.15) is 11.6 Å². The van der Waals surface area contributed by atoms with Gasteiger partial charge in [-0.15, -0.1) is 0 Å². The topological polar surface area (TPSA) is 74.1 Å². The zero-order chi connectivity index (χ0) is 21.3. The van der Waals surface area contributed by atoms with Gasteiger partial charge in [0, 0.05) is 41.4 Å². The molecule has 0 bridgehead atoms. The molecule has 152 valence electrons. The molecule has 2 aliphatic heterocycles. The van der Waals surface area contributed by atoms with Crippen LogP contribution in [0.3, 0.4) is 0 Å². The first-order valence-corrected chi connectivity index (χ1v) is 9.44. The standard InChI is InChI=1S/C21H15ClF2N4O2/c22-14-3-1-12(2-4-14)19(29)27-21-25-10-13-11-28(8-7-18(13)26-21)20(30)16-6-5-15(23)9-17(16)24/h1-6,9,11H,7-8,10H2,(H,25,27,29). The van der Waals surface area contributed by atoms with E-state index in [-0.39, 0.29) is 30.5 Å². The lowest BCUT2D eigenvalue weighted by atomic mass is 10.0. The van der Waals surface area contributed by atoms with Gasteiger partial charge in [0.25, 0.3) is 11.8 Å². The van der Waals surface area contributed by atoms with E-state index in [1.807, 2.05) is 0 Å². The predicted molar refractivity (Wildman–Crippen MR) is 109 cm³/mol. The Hall–Kier alpha value is -3.39. The maximum Gasteiger partial charge on any atom is 0.260 e. The Kier molecular flexibility index (Phi) is 5.41. The van der Waals surface area contributed by atoms with Crippen molar-refractivity contribution >= 4 is 35.1 Å². The molecule has 1 N–H and O–H groups in total. The summed E-state index contributed by atoms with van der Waals surface area (Å²) in [5.74, 6) is -2.39. The Morgan fingerprint density at radius 1 is 1.10 bits per heavy atom. The van der Waals surface area contributed by atoms with Crippen molar-refractivity contribution in [3.05, 3.63) is 82.0 Å². The summed E-state index contributed by atoms with van der Waals surface area (Å²) >= 11 is 5.82. The van der Waals surface area contributed by atoms with Gasteiger partial charge < -0.3 is 4.90 Å². The number of carbonyl (C=O) groups is 2. The molecule has 2 heterocycles. The average molecular weight is 429 g/mol. The Balaban J connectivity index is 1.46. The monoisotopic (exact) mass is 428 g/mol. The Bertz CT molecular complexity index is 1130. The maximum absolute atomic E-state index is 13.9. The minimum absolute atomic E-state index is 0.187. The van der Waals surface area contributed by atoms with Gasteiger partial charge in [-0.3, -0.25) is 14.9 Å². The van der Waals surface area contributed by atoms with Crippen LogP contribution in [0.1, 0.15) is 27.1 Å². The highest BCUT2D eigenvalue weighted by Crippen LogP contribution is 2.20. The van der Waals surface area contributed by atoms with E-state index in [1.54, 1.807) is 30.5 Å². The summed E-state index contributed by atoms with van der Waals surface area (Å²) in [6.07, 6.45) is 1.98. The Labute approximate surface area is 175 Å². The van der Waals surface area contributed by atoms with Gasteiger partial charge in [0.05, 0.1) is 17.8 Å². The molecule has 0 saturated heterocycles. The van der Waals surface area contributed by atoms with E-state index in [2.05, 4.69) is 15.3 Å². The first kappa shape index (κ1) is 19.9. The first-order chi connectivity index (χ1) is 14.4. The van der Waals surface area contributed by atoms with Crippen LogP contribution in [-0.2, 0) is 0 Å². The van der Waals surface area contributed by atoms with Crippen molar-refractivity contribution in [3.63, 3.8) is 0 Å². The number of nitrogens with one attached hydrogen (secondary N) is 1. The Morgan fingerprint density at radius 3 is 2.60 bits per heavy atom. The molecular weight excluding hydrogens is 414 g/mol. The van der Waals surface area contributed by atoms with Crippen molar-refractivity contribution in [2.75, 3.05) is 13.1 Å². The molecule has 0 unspecified atom stereocenters. The van der Waals surface area contributed by atoms with E-state index < -0.39 is 17.5 Å². The number of halogens is 3. The number of nitrogens with zero attached hydrogens (tertiary/aromatic N) is 3. The molecule has 0 aliphatic carbocycles. The number of fused-ring (bicyclic) bond motifs is 1. The second kappa shape index (κ2) is 8.16. The number of rotatable bonds is 2. The third-order valence-electron chi connectivity index (χ3n) is 4.67. The number of hydrogen-bond donors (Lipinski definition) is 1. The van der Waals surface area contributed by atoms with Crippen LogP contribution in [0.25, 0.3) is 0 Å². The van der Waals surface area contributed by atoms with Gasteiger partial charge in [-0.25, -0.2) is 18.8 Å². The second-order valence-electron chi connectivity index (χ2n) is 6.69. The zero-order valence-electron chi connectivity index (χ0n) is 15.5. The molecule has 0 spiro atoms.